The van der Waals surface area contributed by atoms with Gasteiger partial charge in [-0.2, -0.15) is 0 Å². The lowest BCUT2D eigenvalue weighted by Crippen LogP contribution is -2.20. The summed E-state index contributed by atoms with van der Waals surface area (Å²) in [4.78, 5) is 12.0. The van der Waals surface area contributed by atoms with Crippen molar-refractivity contribution >= 4 is 17.3 Å². The molecule has 0 aliphatic heterocycles. The molecule has 2 rings (SSSR count). The average molecular weight is 326 g/mol. The van der Waals surface area contributed by atoms with Crippen LogP contribution >= 0.6 is 0 Å². The molecule has 0 saturated carbocycles. The zero-order valence-corrected chi connectivity index (χ0v) is 13.7. The van der Waals surface area contributed by atoms with E-state index in [1.54, 1.807) is 42.5 Å². The highest BCUT2D eigenvalue weighted by atomic mass is 16.3. The van der Waals surface area contributed by atoms with E-state index in [-0.39, 0.29) is 11.7 Å². The van der Waals surface area contributed by atoms with Crippen molar-refractivity contribution in [2.24, 2.45) is 5.41 Å². The molecule has 126 valence electrons. The van der Waals surface area contributed by atoms with Crippen molar-refractivity contribution in [2.75, 3.05) is 11.1 Å². The van der Waals surface area contributed by atoms with Crippen LogP contribution in [0.2, 0.25) is 0 Å². The van der Waals surface area contributed by atoms with Crippen LogP contribution in [-0.2, 0) is 4.79 Å². The Balaban J connectivity index is 2.07. The van der Waals surface area contributed by atoms with Crippen LogP contribution < -0.4 is 11.1 Å². The van der Waals surface area contributed by atoms with E-state index >= 15 is 0 Å². The number of nitrogens with two attached hydrogens (primary N) is 1. The van der Waals surface area contributed by atoms with Gasteiger partial charge >= 0.3 is 0 Å². The largest absolute Gasteiger partial charge is 0.508 e. The maximum atomic E-state index is 12.0. The molecule has 0 unspecified atom stereocenters. The summed E-state index contributed by atoms with van der Waals surface area (Å²) in [7, 11) is 0. The number of rotatable bonds is 5. The number of carbonyl (C=O) groups excluding carboxylic acids is 1. The summed E-state index contributed by atoms with van der Waals surface area (Å²) < 4.78 is 0. The van der Waals surface area contributed by atoms with Crippen LogP contribution in [0.1, 0.15) is 25.5 Å². The first kappa shape index (κ1) is 17.6. The summed E-state index contributed by atoms with van der Waals surface area (Å²) in [6, 6.07) is 13.3. The molecule has 1 atom stereocenters. The van der Waals surface area contributed by atoms with Gasteiger partial charge in [0.25, 0.3) is 0 Å². The van der Waals surface area contributed by atoms with E-state index in [0.29, 0.717) is 16.9 Å². The van der Waals surface area contributed by atoms with Crippen molar-refractivity contribution in [3.63, 3.8) is 0 Å². The molecule has 5 N–H and O–H groups in total. The first-order valence-electron chi connectivity index (χ1n) is 7.61. The van der Waals surface area contributed by atoms with Crippen molar-refractivity contribution in [1.82, 2.24) is 0 Å². The number of aromatic hydroxyl groups is 1. The fourth-order valence-corrected chi connectivity index (χ4v) is 2.25. The summed E-state index contributed by atoms with van der Waals surface area (Å²) in [5.41, 5.74) is 6.81. The second-order valence-corrected chi connectivity index (χ2v) is 6.23. The summed E-state index contributed by atoms with van der Waals surface area (Å²) >= 11 is 0. The molecule has 5 nitrogen and oxygen atoms in total. The molecule has 0 saturated heterocycles. The lowest BCUT2D eigenvalue weighted by Gasteiger charge is -2.27. The van der Waals surface area contributed by atoms with Crippen LogP contribution in [0.5, 0.6) is 5.75 Å². The summed E-state index contributed by atoms with van der Waals surface area (Å²) in [5.74, 6) is -0.182. The Kier molecular flexibility index (Phi) is 5.26. The number of amides is 1. The van der Waals surface area contributed by atoms with E-state index in [1.165, 1.54) is 18.2 Å². The van der Waals surface area contributed by atoms with Crippen LogP contribution in [0.15, 0.2) is 60.7 Å². The van der Waals surface area contributed by atoms with Gasteiger partial charge < -0.3 is 21.3 Å². The lowest BCUT2D eigenvalue weighted by molar-refractivity contribution is -0.112. The molecule has 24 heavy (non-hydrogen) atoms. The van der Waals surface area contributed by atoms with Crippen molar-refractivity contribution < 1.29 is 15.0 Å². The van der Waals surface area contributed by atoms with Crippen molar-refractivity contribution in [3.05, 3.63) is 66.2 Å². The number of benzene rings is 2. The highest BCUT2D eigenvalue weighted by Crippen LogP contribution is 2.35. The number of hydrogen-bond donors (Lipinski definition) is 4. The van der Waals surface area contributed by atoms with Gasteiger partial charge in [0.15, 0.2) is 0 Å². The number of phenols is 1. The van der Waals surface area contributed by atoms with Gasteiger partial charge in [-0.3, -0.25) is 4.79 Å². The Hall–Kier alpha value is -2.79. The molecular weight excluding hydrogens is 304 g/mol. The zero-order chi connectivity index (χ0) is 17.7. The lowest BCUT2D eigenvalue weighted by atomic mass is 9.82. The molecule has 2 aromatic carbocycles. The molecular formula is C19H22N2O3. The fourth-order valence-electron chi connectivity index (χ4n) is 2.25. The van der Waals surface area contributed by atoms with Crippen molar-refractivity contribution in [2.45, 2.75) is 20.0 Å². The first-order chi connectivity index (χ1) is 11.3. The minimum atomic E-state index is -0.816. The minimum Gasteiger partial charge on any atom is -0.508 e. The number of aliphatic hydroxyl groups is 1. The fraction of sp³-hybridized carbons (Fsp3) is 0.211. The van der Waals surface area contributed by atoms with Crippen LogP contribution in [0.3, 0.4) is 0 Å². The van der Waals surface area contributed by atoms with E-state index < -0.39 is 11.5 Å². The highest BCUT2D eigenvalue weighted by molar-refractivity contribution is 6.01. The molecule has 0 radical (unpaired) electrons. The third-order valence-electron chi connectivity index (χ3n) is 3.80. The minimum absolute atomic E-state index is 0.138. The van der Waals surface area contributed by atoms with E-state index in [4.69, 9.17) is 5.73 Å². The monoisotopic (exact) mass is 326 g/mol. The molecule has 0 aromatic heterocycles. The Morgan fingerprint density at radius 3 is 2.42 bits per heavy atom. The Bertz CT molecular complexity index is 737. The number of nitrogens with one attached hydrogen (secondary N) is 1. The standard InChI is InChI=1S/C19H22N2O3/c1-19(2,18(24)13-7-9-14(22)10-8-13)12-11-17(23)21-16-6-4-3-5-15(16)20/h3-12,18,22,24H,20H2,1-2H3,(H,21,23)/b12-11+/t18-/m1/s1. The van der Waals surface area contributed by atoms with Gasteiger partial charge in [-0.25, -0.2) is 0 Å². The van der Waals surface area contributed by atoms with Crippen LogP contribution in [-0.4, -0.2) is 16.1 Å². The molecule has 0 aliphatic rings. The number of aliphatic hydroxyl groups excluding tert-OH is 1. The van der Waals surface area contributed by atoms with Crippen LogP contribution in [0.25, 0.3) is 0 Å². The molecule has 2 aromatic rings. The number of anilines is 2. The molecule has 0 bridgehead atoms. The van der Waals surface area contributed by atoms with Crippen LogP contribution in [0, 0.1) is 5.41 Å². The molecule has 0 aliphatic carbocycles. The number of carbonyl (C=O) groups is 1. The van der Waals surface area contributed by atoms with Gasteiger partial charge in [-0.1, -0.05) is 44.2 Å². The van der Waals surface area contributed by atoms with Gasteiger partial charge in [0.1, 0.15) is 5.75 Å². The predicted octanol–water partition coefficient (Wildman–Crippen LogP) is 3.23. The van der Waals surface area contributed by atoms with Gasteiger partial charge in [-0.15, -0.1) is 0 Å². The number of phenolic OH excluding ortho intramolecular Hbond substituents is 1. The summed E-state index contributed by atoms with van der Waals surface area (Å²) in [6.45, 7) is 3.65. The van der Waals surface area contributed by atoms with E-state index in [2.05, 4.69) is 5.32 Å². The molecule has 1 amide bonds. The van der Waals surface area contributed by atoms with E-state index in [9.17, 15) is 15.0 Å². The average Bonchev–Trinajstić information content (AvgIpc) is 2.55. The number of nitrogen functional groups attached to an aromatic ring is 1. The summed E-state index contributed by atoms with van der Waals surface area (Å²) in [6.07, 6.45) is 2.22. The SMILES string of the molecule is CC(C)(/C=C/C(=O)Nc1ccccc1N)[C@H](O)c1ccc(O)cc1. The zero-order valence-electron chi connectivity index (χ0n) is 13.7. The van der Waals surface area contributed by atoms with Gasteiger partial charge in [0, 0.05) is 5.41 Å². The van der Waals surface area contributed by atoms with E-state index in [1.807, 2.05) is 13.8 Å². The summed E-state index contributed by atoms with van der Waals surface area (Å²) in [5, 5.41) is 22.5. The van der Waals surface area contributed by atoms with Crippen molar-refractivity contribution in [3.8, 4) is 5.75 Å². The highest BCUT2D eigenvalue weighted by Gasteiger charge is 2.26. The first-order valence-corrected chi connectivity index (χ1v) is 7.61. The Morgan fingerprint density at radius 1 is 1.17 bits per heavy atom. The van der Waals surface area contributed by atoms with Gasteiger partial charge in [-0.05, 0) is 35.9 Å². The maximum absolute atomic E-state index is 12.0. The topological polar surface area (TPSA) is 95.6 Å². The second kappa shape index (κ2) is 7.19. The van der Waals surface area contributed by atoms with Crippen LogP contribution in [0.4, 0.5) is 11.4 Å². The van der Waals surface area contributed by atoms with Crippen molar-refractivity contribution in [1.29, 1.82) is 0 Å². The normalized spacial score (nSPS) is 13.0. The molecule has 0 fully saturated rings. The van der Waals surface area contributed by atoms with Gasteiger partial charge in [0.2, 0.25) is 5.91 Å². The third-order valence-corrected chi connectivity index (χ3v) is 3.80. The quantitative estimate of drug-likeness (QED) is 0.501. The second-order valence-electron chi connectivity index (χ2n) is 6.23. The predicted molar refractivity (Wildman–Crippen MR) is 95.5 cm³/mol. The Labute approximate surface area is 141 Å². The molecule has 5 heteroatoms. The third kappa shape index (κ3) is 4.36. The number of hydrogen-bond acceptors (Lipinski definition) is 4. The smallest absolute Gasteiger partial charge is 0.248 e. The number of para-hydroxylation sites is 2. The molecule has 0 heterocycles. The van der Waals surface area contributed by atoms with E-state index in [0.717, 1.165) is 0 Å². The maximum Gasteiger partial charge on any atom is 0.248 e. The Morgan fingerprint density at radius 2 is 1.79 bits per heavy atom. The molecule has 0 spiro atoms. The van der Waals surface area contributed by atoms with Gasteiger partial charge in [0.05, 0.1) is 17.5 Å².